The molecule has 0 aromatic heterocycles. The summed E-state index contributed by atoms with van der Waals surface area (Å²) in [5.41, 5.74) is 1.09. The summed E-state index contributed by atoms with van der Waals surface area (Å²) in [5, 5.41) is 0. The van der Waals surface area contributed by atoms with Gasteiger partial charge in [-0.2, -0.15) is 0 Å². The van der Waals surface area contributed by atoms with E-state index in [1.807, 2.05) is 33.8 Å². The Labute approximate surface area is 139 Å². The number of nitrogens with zero attached hydrogens (tertiary/aromatic N) is 1. The van der Waals surface area contributed by atoms with Crippen molar-refractivity contribution in [3.63, 3.8) is 0 Å². The molecule has 0 aliphatic carbocycles. The van der Waals surface area contributed by atoms with E-state index in [1.54, 1.807) is 6.07 Å². The molecule has 3 nitrogen and oxygen atoms in total. The second-order valence-electron chi connectivity index (χ2n) is 8.06. The Morgan fingerprint density at radius 2 is 1.87 bits per heavy atom. The summed E-state index contributed by atoms with van der Waals surface area (Å²) in [6.07, 6.45) is 1.23. The average Bonchev–Trinajstić information content (AvgIpc) is 2.93. The second-order valence-corrected chi connectivity index (χ2v) is 8.06. The molecule has 2 aliphatic rings. The lowest BCUT2D eigenvalue weighted by Gasteiger charge is -2.32. The van der Waals surface area contributed by atoms with E-state index in [9.17, 15) is 4.39 Å². The summed E-state index contributed by atoms with van der Waals surface area (Å²) in [5.74, 6) is 0.490. The summed E-state index contributed by atoms with van der Waals surface area (Å²) < 4.78 is 26.1. The van der Waals surface area contributed by atoms with Crippen LogP contribution in [-0.2, 0) is 15.9 Å². The predicted octanol–water partition coefficient (Wildman–Crippen LogP) is 2.97. The summed E-state index contributed by atoms with van der Waals surface area (Å²) in [6.45, 7) is 13.4. The van der Waals surface area contributed by atoms with Gasteiger partial charge in [0.05, 0.1) is 11.2 Å². The SMILES string of the molecule is CC1CCN(Cc2ccc(F)cc2B2OC(C)(C)C(C)(C)O2)C1. The van der Waals surface area contributed by atoms with E-state index in [0.29, 0.717) is 0 Å². The van der Waals surface area contributed by atoms with Crippen molar-refractivity contribution in [1.29, 1.82) is 0 Å². The van der Waals surface area contributed by atoms with Crippen LogP contribution in [0.5, 0.6) is 0 Å². The zero-order chi connectivity index (χ0) is 16.8. The molecule has 2 saturated heterocycles. The van der Waals surface area contributed by atoms with Gasteiger partial charge in [0.2, 0.25) is 0 Å². The Morgan fingerprint density at radius 1 is 1.22 bits per heavy atom. The molecular formula is C18H27BFNO2. The van der Waals surface area contributed by atoms with Crippen molar-refractivity contribution < 1.29 is 13.7 Å². The van der Waals surface area contributed by atoms with Crippen LogP contribution in [-0.4, -0.2) is 36.3 Å². The van der Waals surface area contributed by atoms with Crippen LogP contribution in [0.4, 0.5) is 4.39 Å². The third-order valence-electron chi connectivity index (χ3n) is 5.52. The molecule has 3 rings (SSSR count). The van der Waals surface area contributed by atoms with E-state index in [-0.39, 0.29) is 5.82 Å². The molecule has 2 fully saturated rings. The average molecular weight is 319 g/mol. The van der Waals surface area contributed by atoms with Crippen molar-refractivity contribution in [2.75, 3.05) is 13.1 Å². The lowest BCUT2D eigenvalue weighted by Crippen LogP contribution is -2.41. The third kappa shape index (κ3) is 3.33. The molecule has 5 heteroatoms. The van der Waals surface area contributed by atoms with Crippen molar-refractivity contribution in [1.82, 2.24) is 4.90 Å². The van der Waals surface area contributed by atoms with Crippen LogP contribution in [0.25, 0.3) is 0 Å². The van der Waals surface area contributed by atoms with Gasteiger partial charge in [-0.1, -0.05) is 13.0 Å². The lowest BCUT2D eigenvalue weighted by molar-refractivity contribution is 0.00578. The normalized spacial score (nSPS) is 26.9. The summed E-state index contributed by atoms with van der Waals surface area (Å²) in [4.78, 5) is 2.42. The van der Waals surface area contributed by atoms with Gasteiger partial charge in [0.25, 0.3) is 0 Å². The Morgan fingerprint density at radius 3 is 2.43 bits per heavy atom. The maximum absolute atomic E-state index is 13.8. The molecule has 1 unspecified atom stereocenters. The topological polar surface area (TPSA) is 21.7 Å². The van der Waals surface area contributed by atoms with Crippen molar-refractivity contribution in [3.8, 4) is 0 Å². The summed E-state index contributed by atoms with van der Waals surface area (Å²) in [7, 11) is -0.509. The molecular weight excluding hydrogens is 292 g/mol. The van der Waals surface area contributed by atoms with E-state index < -0.39 is 18.3 Å². The maximum atomic E-state index is 13.8. The van der Waals surface area contributed by atoms with Crippen LogP contribution in [0.3, 0.4) is 0 Å². The Balaban J connectivity index is 1.85. The van der Waals surface area contributed by atoms with E-state index in [1.165, 1.54) is 12.5 Å². The first kappa shape index (κ1) is 16.9. The van der Waals surface area contributed by atoms with Crippen molar-refractivity contribution in [2.45, 2.75) is 58.8 Å². The van der Waals surface area contributed by atoms with Crippen LogP contribution in [0, 0.1) is 11.7 Å². The summed E-state index contributed by atoms with van der Waals surface area (Å²) >= 11 is 0. The van der Waals surface area contributed by atoms with E-state index in [4.69, 9.17) is 9.31 Å². The molecule has 126 valence electrons. The molecule has 0 bridgehead atoms. The van der Waals surface area contributed by atoms with Crippen LogP contribution in [0.15, 0.2) is 18.2 Å². The Kier molecular flexibility index (Phi) is 4.32. The van der Waals surface area contributed by atoms with Gasteiger partial charge in [0, 0.05) is 13.1 Å². The lowest BCUT2D eigenvalue weighted by atomic mass is 9.75. The highest BCUT2D eigenvalue weighted by molar-refractivity contribution is 6.62. The second kappa shape index (κ2) is 5.87. The fraction of sp³-hybridized carbons (Fsp3) is 0.667. The van der Waals surface area contributed by atoms with Gasteiger partial charge < -0.3 is 9.31 Å². The maximum Gasteiger partial charge on any atom is 0.495 e. The van der Waals surface area contributed by atoms with Gasteiger partial charge in [-0.3, -0.25) is 4.90 Å². The fourth-order valence-corrected chi connectivity index (χ4v) is 3.31. The van der Waals surface area contributed by atoms with Crippen molar-refractivity contribution in [2.24, 2.45) is 5.92 Å². The molecule has 1 aromatic rings. The minimum Gasteiger partial charge on any atom is -0.399 e. The van der Waals surface area contributed by atoms with E-state index in [0.717, 1.165) is 36.6 Å². The number of rotatable bonds is 3. The molecule has 23 heavy (non-hydrogen) atoms. The molecule has 1 atom stereocenters. The molecule has 0 saturated carbocycles. The van der Waals surface area contributed by atoms with E-state index in [2.05, 4.69) is 11.8 Å². The Hall–Kier alpha value is -0.905. The molecule has 0 N–H and O–H groups in total. The molecule has 2 heterocycles. The number of hydrogen-bond donors (Lipinski definition) is 0. The smallest absolute Gasteiger partial charge is 0.399 e. The third-order valence-corrected chi connectivity index (χ3v) is 5.52. The number of hydrogen-bond acceptors (Lipinski definition) is 3. The van der Waals surface area contributed by atoms with Crippen LogP contribution < -0.4 is 5.46 Å². The zero-order valence-corrected chi connectivity index (χ0v) is 14.9. The number of halogens is 1. The Bertz CT molecular complexity index is 574. The summed E-state index contributed by atoms with van der Waals surface area (Å²) in [6, 6.07) is 4.97. The van der Waals surface area contributed by atoms with Gasteiger partial charge >= 0.3 is 7.12 Å². The van der Waals surface area contributed by atoms with Gasteiger partial charge in [-0.05, 0) is 69.7 Å². The zero-order valence-electron chi connectivity index (χ0n) is 14.9. The molecule has 0 spiro atoms. The highest BCUT2D eigenvalue weighted by Crippen LogP contribution is 2.36. The first-order chi connectivity index (χ1) is 10.7. The quantitative estimate of drug-likeness (QED) is 0.800. The number of benzene rings is 1. The monoisotopic (exact) mass is 319 g/mol. The first-order valence-electron chi connectivity index (χ1n) is 8.54. The highest BCUT2D eigenvalue weighted by Gasteiger charge is 2.52. The molecule has 0 amide bonds. The van der Waals surface area contributed by atoms with Crippen LogP contribution >= 0.6 is 0 Å². The standard InChI is InChI=1S/C18H27BFNO2/c1-13-8-9-21(11-13)12-14-6-7-15(20)10-16(14)19-22-17(2,3)18(4,5)23-19/h6-7,10,13H,8-9,11-12H2,1-5H3. The van der Waals surface area contributed by atoms with Gasteiger partial charge in [-0.15, -0.1) is 0 Å². The largest absolute Gasteiger partial charge is 0.495 e. The van der Waals surface area contributed by atoms with Crippen molar-refractivity contribution in [3.05, 3.63) is 29.6 Å². The minimum atomic E-state index is -0.509. The first-order valence-corrected chi connectivity index (χ1v) is 8.54. The van der Waals surface area contributed by atoms with Crippen LogP contribution in [0.1, 0.15) is 46.6 Å². The molecule has 2 aliphatic heterocycles. The van der Waals surface area contributed by atoms with Crippen LogP contribution in [0.2, 0.25) is 0 Å². The van der Waals surface area contributed by atoms with E-state index >= 15 is 0 Å². The highest BCUT2D eigenvalue weighted by atomic mass is 19.1. The molecule has 1 aromatic carbocycles. The fourth-order valence-electron chi connectivity index (χ4n) is 3.31. The van der Waals surface area contributed by atoms with Gasteiger partial charge in [0.15, 0.2) is 0 Å². The van der Waals surface area contributed by atoms with Gasteiger partial charge in [-0.25, -0.2) is 4.39 Å². The van der Waals surface area contributed by atoms with Gasteiger partial charge in [0.1, 0.15) is 5.82 Å². The van der Waals surface area contributed by atoms with Crippen molar-refractivity contribution >= 4 is 12.6 Å². The minimum absolute atomic E-state index is 0.242. The molecule has 0 radical (unpaired) electrons. The predicted molar refractivity (Wildman–Crippen MR) is 91.2 cm³/mol. The number of likely N-dealkylation sites (tertiary alicyclic amines) is 1.